The SMILES string of the molecule is CCc1ccc(N(C(C)=O)c2nc(COC(=O)c3[nH]c(C)c(C(=O)OC)c3C)cs2)cc1. The van der Waals surface area contributed by atoms with Crippen molar-refractivity contribution in [2.75, 3.05) is 12.0 Å². The van der Waals surface area contributed by atoms with Crippen LogP contribution in [-0.4, -0.2) is 34.9 Å². The monoisotopic (exact) mass is 455 g/mol. The number of rotatable bonds is 7. The zero-order valence-electron chi connectivity index (χ0n) is 18.6. The molecule has 1 N–H and O–H groups in total. The Morgan fingerprint density at radius 1 is 1.12 bits per heavy atom. The molecule has 0 fully saturated rings. The Bertz CT molecular complexity index is 1150. The number of ether oxygens (including phenoxy) is 2. The van der Waals surface area contributed by atoms with Gasteiger partial charge in [0.25, 0.3) is 0 Å². The maximum absolute atomic E-state index is 12.6. The van der Waals surface area contributed by atoms with Gasteiger partial charge in [0.05, 0.1) is 24.1 Å². The summed E-state index contributed by atoms with van der Waals surface area (Å²) in [4.78, 5) is 45.6. The molecule has 8 nitrogen and oxygen atoms in total. The van der Waals surface area contributed by atoms with E-state index in [1.54, 1.807) is 19.2 Å². The Hall–Kier alpha value is -3.46. The second-order valence-corrected chi connectivity index (χ2v) is 8.03. The van der Waals surface area contributed by atoms with Gasteiger partial charge in [-0.2, -0.15) is 0 Å². The Morgan fingerprint density at radius 2 is 1.81 bits per heavy atom. The number of esters is 2. The number of carbonyl (C=O) groups excluding carboxylic acids is 3. The van der Waals surface area contributed by atoms with Gasteiger partial charge >= 0.3 is 11.9 Å². The lowest BCUT2D eigenvalue weighted by molar-refractivity contribution is -0.115. The number of amides is 1. The van der Waals surface area contributed by atoms with Crippen LogP contribution in [0.3, 0.4) is 0 Å². The molecule has 3 aromatic rings. The van der Waals surface area contributed by atoms with Gasteiger partial charge in [-0.05, 0) is 43.5 Å². The van der Waals surface area contributed by atoms with Crippen LogP contribution in [-0.2, 0) is 27.3 Å². The molecular formula is C23H25N3O5S. The summed E-state index contributed by atoms with van der Waals surface area (Å²) >= 11 is 1.29. The van der Waals surface area contributed by atoms with Crippen molar-refractivity contribution in [2.45, 2.75) is 40.7 Å². The molecule has 1 amide bonds. The average Bonchev–Trinajstić information content (AvgIpc) is 3.35. The van der Waals surface area contributed by atoms with Gasteiger partial charge in [0.2, 0.25) is 5.91 Å². The van der Waals surface area contributed by atoms with Crippen molar-refractivity contribution in [1.82, 2.24) is 9.97 Å². The summed E-state index contributed by atoms with van der Waals surface area (Å²) in [5.41, 5.74) is 3.93. The van der Waals surface area contributed by atoms with Gasteiger partial charge in [-0.1, -0.05) is 19.1 Å². The number of aromatic nitrogens is 2. The number of methoxy groups -OCH3 is 1. The number of aromatic amines is 1. The van der Waals surface area contributed by atoms with Crippen molar-refractivity contribution in [2.24, 2.45) is 0 Å². The van der Waals surface area contributed by atoms with E-state index in [9.17, 15) is 14.4 Å². The minimum Gasteiger partial charge on any atom is -0.465 e. The molecule has 3 rings (SSSR count). The van der Waals surface area contributed by atoms with Gasteiger partial charge in [-0.15, -0.1) is 11.3 Å². The Balaban J connectivity index is 1.74. The molecule has 1 aromatic carbocycles. The fourth-order valence-electron chi connectivity index (χ4n) is 3.35. The number of carbonyl (C=O) groups is 3. The van der Waals surface area contributed by atoms with Crippen molar-refractivity contribution < 1.29 is 23.9 Å². The number of aryl methyl sites for hydroxylation is 2. The first kappa shape index (κ1) is 23.2. The number of nitrogens with zero attached hydrogens (tertiary/aromatic N) is 2. The molecule has 2 aromatic heterocycles. The minimum atomic E-state index is -0.603. The van der Waals surface area contributed by atoms with Gasteiger partial charge in [0.1, 0.15) is 12.3 Å². The quantitative estimate of drug-likeness (QED) is 0.527. The summed E-state index contributed by atoms with van der Waals surface area (Å²) in [6.45, 7) is 6.82. The highest BCUT2D eigenvalue weighted by Crippen LogP contribution is 2.29. The topological polar surface area (TPSA) is 102 Å². The molecular weight excluding hydrogens is 430 g/mol. The molecule has 0 saturated heterocycles. The van der Waals surface area contributed by atoms with Crippen LogP contribution in [0.1, 0.15) is 57.2 Å². The number of hydrogen-bond acceptors (Lipinski definition) is 7. The predicted octanol–water partition coefficient (Wildman–Crippen LogP) is 4.48. The highest BCUT2D eigenvalue weighted by atomic mass is 32.1. The third-order valence-electron chi connectivity index (χ3n) is 5.03. The van der Waals surface area contributed by atoms with Crippen molar-refractivity contribution >= 4 is 40.0 Å². The second kappa shape index (κ2) is 9.78. The first-order valence-electron chi connectivity index (χ1n) is 10.0. The number of H-pyrrole nitrogens is 1. The van der Waals surface area contributed by atoms with E-state index < -0.39 is 11.9 Å². The van der Waals surface area contributed by atoms with Crippen LogP contribution < -0.4 is 4.90 Å². The number of nitrogens with one attached hydrogen (secondary N) is 1. The standard InChI is InChI=1S/C23H25N3O5S/c1-6-16-7-9-18(10-8-16)26(15(4)27)23-25-17(12-32-23)11-31-22(29)20-13(2)19(14(3)24-20)21(28)30-5/h7-10,12,24H,6,11H2,1-5H3. The van der Waals surface area contributed by atoms with Crippen LogP contribution in [0, 0.1) is 13.8 Å². The first-order valence-corrected chi connectivity index (χ1v) is 10.9. The van der Waals surface area contributed by atoms with E-state index in [1.165, 1.54) is 35.8 Å². The van der Waals surface area contributed by atoms with E-state index in [4.69, 9.17) is 9.47 Å². The Morgan fingerprint density at radius 3 is 2.41 bits per heavy atom. The summed E-state index contributed by atoms with van der Waals surface area (Å²) in [6, 6.07) is 7.73. The molecule has 32 heavy (non-hydrogen) atoms. The largest absolute Gasteiger partial charge is 0.465 e. The van der Waals surface area contributed by atoms with Crippen molar-refractivity contribution in [3.63, 3.8) is 0 Å². The van der Waals surface area contributed by atoms with Crippen molar-refractivity contribution in [3.8, 4) is 0 Å². The third kappa shape index (κ3) is 4.72. The lowest BCUT2D eigenvalue weighted by atomic mass is 10.1. The second-order valence-electron chi connectivity index (χ2n) is 7.19. The molecule has 0 bridgehead atoms. The van der Waals surface area contributed by atoms with Gasteiger partial charge in [0.15, 0.2) is 5.13 Å². The molecule has 0 spiro atoms. The third-order valence-corrected chi connectivity index (χ3v) is 5.91. The fraction of sp³-hybridized carbons (Fsp3) is 0.304. The van der Waals surface area contributed by atoms with Gasteiger partial charge in [0, 0.05) is 18.0 Å². The Labute approximate surface area is 190 Å². The van der Waals surface area contributed by atoms with Crippen LogP contribution in [0.4, 0.5) is 10.8 Å². The summed E-state index contributed by atoms with van der Waals surface area (Å²) in [6.07, 6.45) is 0.911. The van der Waals surface area contributed by atoms with E-state index in [1.807, 2.05) is 24.3 Å². The van der Waals surface area contributed by atoms with Crippen LogP contribution >= 0.6 is 11.3 Å². The van der Waals surface area contributed by atoms with Gasteiger partial charge < -0.3 is 14.5 Å². The lowest BCUT2D eigenvalue weighted by Gasteiger charge is -2.18. The maximum Gasteiger partial charge on any atom is 0.355 e. The van der Waals surface area contributed by atoms with Crippen molar-refractivity contribution in [1.29, 1.82) is 0 Å². The van der Waals surface area contributed by atoms with Crippen LogP contribution in [0.25, 0.3) is 0 Å². The summed E-state index contributed by atoms with van der Waals surface area (Å²) in [7, 11) is 1.29. The molecule has 0 radical (unpaired) electrons. The van der Waals surface area contributed by atoms with E-state index in [0.717, 1.165) is 12.1 Å². The average molecular weight is 456 g/mol. The van der Waals surface area contributed by atoms with Gasteiger partial charge in [-0.25, -0.2) is 14.6 Å². The molecule has 9 heteroatoms. The van der Waals surface area contributed by atoms with E-state index >= 15 is 0 Å². The molecule has 0 unspecified atom stereocenters. The van der Waals surface area contributed by atoms with E-state index in [2.05, 4.69) is 16.9 Å². The fourth-order valence-corrected chi connectivity index (χ4v) is 4.22. The molecule has 2 heterocycles. The van der Waals surface area contributed by atoms with Crippen LogP contribution in [0.2, 0.25) is 0 Å². The number of benzene rings is 1. The highest BCUT2D eigenvalue weighted by molar-refractivity contribution is 7.14. The summed E-state index contributed by atoms with van der Waals surface area (Å²) in [5.74, 6) is -1.29. The number of anilines is 2. The molecule has 0 aliphatic heterocycles. The summed E-state index contributed by atoms with van der Waals surface area (Å²) in [5, 5.41) is 2.23. The summed E-state index contributed by atoms with van der Waals surface area (Å²) < 4.78 is 10.1. The zero-order chi connectivity index (χ0) is 23.4. The van der Waals surface area contributed by atoms with Crippen LogP contribution in [0.5, 0.6) is 0 Å². The van der Waals surface area contributed by atoms with Crippen molar-refractivity contribution in [3.05, 3.63) is 63.4 Å². The van der Waals surface area contributed by atoms with E-state index in [-0.39, 0.29) is 18.2 Å². The first-order chi connectivity index (χ1) is 15.3. The molecule has 0 aliphatic carbocycles. The van der Waals surface area contributed by atoms with E-state index in [0.29, 0.717) is 27.6 Å². The lowest BCUT2D eigenvalue weighted by Crippen LogP contribution is -2.22. The number of hydrogen-bond donors (Lipinski definition) is 1. The molecule has 168 valence electrons. The molecule has 0 atom stereocenters. The maximum atomic E-state index is 12.6. The normalized spacial score (nSPS) is 10.7. The smallest absolute Gasteiger partial charge is 0.355 e. The number of thiazole rings is 1. The minimum absolute atomic E-state index is 0.0685. The zero-order valence-corrected chi connectivity index (χ0v) is 19.5. The van der Waals surface area contributed by atoms with Crippen LogP contribution in [0.15, 0.2) is 29.6 Å². The Kier molecular flexibility index (Phi) is 7.09. The highest BCUT2D eigenvalue weighted by Gasteiger charge is 2.24. The molecule has 0 aliphatic rings. The van der Waals surface area contributed by atoms with Gasteiger partial charge in [-0.3, -0.25) is 9.69 Å². The predicted molar refractivity (Wildman–Crippen MR) is 121 cm³/mol. The molecule has 0 saturated carbocycles.